The summed E-state index contributed by atoms with van der Waals surface area (Å²) in [7, 11) is 0. The lowest BCUT2D eigenvalue weighted by Crippen LogP contribution is -2.10. The Morgan fingerprint density at radius 1 is 1.47 bits per heavy atom. The van der Waals surface area contributed by atoms with E-state index in [2.05, 4.69) is 26.2 Å². The monoisotopic (exact) mass is 267 g/mol. The summed E-state index contributed by atoms with van der Waals surface area (Å²) >= 11 is 3.42. The van der Waals surface area contributed by atoms with Gasteiger partial charge >= 0.3 is 0 Å². The first-order chi connectivity index (χ1) is 7.34. The molecule has 1 aromatic heterocycles. The highest BCUT2D eigenvalue weighted by molar-refractivity contribution is 9.10. The summed E-state index contributed by atoms with van der Waals surface area (Å²) in [5.74, 6) is 0. The van der Waals surface area contributed by atoms with Crippen molar-refractivity contribution in [2.75, 3.05) is 13.2 Å². The summed E-state index contributed by atoms with van der Waals surface area (Å²) in [5, 5.41) is 8.34. The van der Waals surface area contributed by atoms with Gasteiger partial charge in [0, 0.05) is 11.1 Å². The van der Waals surface area contributed by atoms with E-state index < -0.39 is 0 Å². The van der Waals surface area contributed by atoms with Crippen LogP contribution in [0, 0.1) is 0 Å². The van der Waals surface area contributed by atoms with Gasteiger partial charge in [0.1, 0.15) is 5.52 Å². The van der Waals surface area contributed by atoms with Crippen LogP contribution in [0.5, 0.6) is 0 Å². The molecule has 1 aliphatic rings. The molecule has 0 saturated carbocycles. The molecule has 1 fully saturated rings. The van der Waals surface area contributed by atoms with Crippen molar-refractivity contribution in [2.45, 2.75) is 12.5 Å². The molecule has 0 N–H and O–H groups in total. The second kappa shape index (κ2) is 3.57. The maximum Gasteiger partial charge on any atom is 0.114 e. The van der Waals surface area contributed by atoms with Gasteiger partial charge in [-0.05, 0) is 24.6 Å². The van der Waals surface area contributed by atoms with Gasteiger partial charge in [0.05, 0.1) is 18.2 Å². The molecule has 0 amide bonds. The van der Waals surface area contributed by atoms with Crippen LogP contribution in [0.4, 0.5) is 0 Å². The van der Waals surface area contributed by atoms with Crippen LogP contribution in [0.1, 0.15) is 12.5 Å². The van der Waals surface area contributed by atoms with E-state index in [1.807, 2.05) is 22.9 Å². The first kappa shape index (κ1) is 9.30. The molecule has 78 valence electrons. The Morgan fingerprint density at radius 3 is 3.20 bits per heavy atom. The summed E-state index contributed by atoms with van der Waals surface area (Å²) in [6.45, 7) is 1.57. The van der Waals surface area contributed by atoms with Crippen LogP contribution in [0.2, 0.25) is 0 Å². The normalized spacial score (nSPS) is 21.3. The summed E-state index contributed by atoms with van der Waals surface area (Å²) < 4.78 is 8.35. The van der Waals surface area contributed by atoms with Gasteiger partial charge in [-0.25, -0.2) is 4.68 Å². The van der Waals surface area contributed by atoms with Crippen molar-refractivity contribution >= 4 is 27.0 Å². The largest absolute Gasteiger partial charge is 0.379 e. The highest BCUT2D eigenvalue weighted by Crippen LogP contribution is 2.24. The fourth-order valence-electron chi connectivity index (χ4n) is 1.90. The number of hydrogen-bond acceptors (Lipinski definition) is 3. The molecule has 2 heterocycles. The third-order valence-corrected chi connectivity index (χ3v) is 3.18. The SMILES string of the molecule is Brc1ccc2c(c1)nnn2C1CCOC1. The number of fused-ring (bicyclic) bond motifs is 1. The van der Waals surface area contributed by atoms with E-state index >= 15 is 0 Å². The number of hydrogen-bond donors (Lipinski definition) is 0. The Kier molecular flexibility index (Phi) is 2.21. The lowest BCUT2D eigenvalue weighted by molar-refractivity contribution is 0.185. The van der Waals surface area contributed by atoms with Crippen molar-refractivity contribution in [1.29, 1.82) is 0 Å². The van der Waals surface area contributed by atoms with E-state index in [1.165, 1.54) is 0 Å². The first-order valence-electron chi connectivity index (χ1n) is 4.93. The average molecular weight is 268 g/mol. The molecular weight excluding hydrogens is 258 g/mol. The van der Waals surface area contributed by atoms with E-state index in [1.54, 1.807) is 0 Å². The second-order valence-corrected chi connectivity index (χ2v) is 4.60. The minimum absolute atomic E-state index is 0.344. The maximum absolute atomic E-state index is 5.36. The van der Waals surface area contributed by atoms with Crippen molar-refractivity contribution in [2.24, 2.45) is 0 Å². The lowest BCUT2D eigenvalue weighted by atomic mass is 10.2. The maximum atomic E-state index is 5.36. The predicted octanol–water partition coefficient (Wildman–Crippen LogP) is 2.16. The quantitative estimate of drug-likeness (QED) is 0.795. The fraction of sp³-hybridized carbons (Fsp3) is 0.400. The molecule has 0 aliphatic carbocycles. The summed E-state index contributed by atoms with van der Waals surface area (Å²) in [5.41, 5.74) is 2.00. The summed E-state index contributed by atoms with van der Waals surface area (Å²) in [4.78, 5) is 0. The molecule has 1 aromatic carbocycles. The van der Waals surface area contributed by atoms with Crippen LogP contribution >= 0.6 is 15.9 Å². The van der Waals surface area contributed by atoms with Crippen molar-refractivity contribution in [3.63, 3.8) is 0 Å². The van der Waals surface area contributed by atoms with Crippen molar-refractivity contribution < 1.29 is 4.74 Å². The Balaban J connectivity index is 2.11. The Morgan fingerprint density at radius 2 is 2.40 bits per heavy atom. The van der Waals surface area contributed by atoms with Crippen LogP contribution in [0.15, 0.2) is 22.7 Å². The van der Waals surface area contributed by atoms with Crippen molar-refractivity contribution in [1.82, 2.24) is 15.0 Å². The smallest absolute Gasteiger partial charge is 0.114 e. The molecule has 15 heavy (non-hydrogen) atoms. The highest BCUT2D eigenvalue weighted by Gasteiger charge is 2.20. The molecular formula is C10H10BrN3O. The van der Waals surface area contributed by atoms with Crippen LogP contribution in [-0.4, -0.2) is 28.2 Å². The molecule has 2 aromatic rings. The molecule has 1 atom stereocenters. The fourth-order valence-corrected chi connectivity index (χ4v) is 2.25. The van der Waals surface area contributed by atoms with Crippen LogP contribution in [0.25, 0.3) is 11.0 Å². The van der Waals surface area contributed by atoms with Crippen LogP contribution in [0.3, 0.4) is 0 Å². The van der Waals surface area contributed by atoms with Gasteiger partial charge in [0.2, 0.25) is 0 Å². The van der Waals surface area contributed by atoms with Gasteiger partial charge in [-0.15, -0.1) is 5.10 Å². The summed E-state index contributed by atoms with van der Waals surface area (Å²) in [6, 6.07) is 6.38. The number of halogens is 1. The zero-order chi connectivity index (χ0) is 10.3. The van der Waals surface area contributed by atoms with Crippen LogP contribution < -0.4 is 0 Å². The molecule has 5 heteroatoms. The third-order valence-electron chi connectivity index (χ3n) is 2.68. The number of aromatic nitrogens is 3. The molecule has 1 aliphatic heterocycles. The number of nitrogens with zero attached hydrogens (tertiary/aromatic N) is 3. The van der Waals surface area contributed by atoms with E-state index in [0.717, 1.165) is 35.1 Å². The molecule has 3 rings (SSSR count). The van der Waals surface area contributed by atoms with E-state index in [9.17, 15) is 0 Å². The highest BCUT2D eigenvalue weighted by atomic mass is 79.9. The van der Waals surface area contributed by atoms with Gasteiger partial charge in [-0.3, -0.25) is 0 Å². The van der Waals surface area contributed by atoms with E-state index in [-0.39, 0.29) is 0 Å². The van der Waals surface area contributed by atoms with Crippen LogP contribution in [-0.2, 0) is 4.74 Å². The zero-order valence-electron chi connectivity index (χ0n) is 8.06. The van der Waals surface area contributed by atoms with Gasteiger partial charge in [-0.2, -0.15) is 0 Å². The first-order valence-corrected chi connectivity index (χ1v) is 5.72. The Bertz CT molecular complexity index is 490. The molecule has 0 radical (unpaired) electrons. The molecule has 1 unspecified atom stereocenters. The zero-order valence-corrected chi connectivity index (χ0v) is 9.64. The topological polar surface area (TPSA) is 39.9 Å². The standard InChI is InChI=1S/C10H10BrN3O/c11-7-1-2-10-9(5-7)12-13-14(10)8-3-4-15-6-8/h1-2,5,8H,3-4,6H2. The number of rotatable bonds is 1. The molecule has 0 bridgehead atoms. The van der Waals surface area contributed by atoms with Gasteiger partial charge in [0.15, 0.2) is 0 Å². The minimum atomic E-state index is 0.344. The van der Waals surface area contributed by atoms with Gasteiger partial charge in [-0.1, -0.05) is 21.1 Å². The van der Waals surface area contributed by atoms with Gasteiger partial charge < -0.3 is 4.74 Å². The lowest BCUT2D eigenvalue weighted by Gasteiger charge is -2.07. The van der Waals surface area contributed by atoms with Crippen molar-refractivity contribution in [3.05, 3.63) is 22.7 Å². The number of benzene rings is 1. The molecule has 0 spiro atoms. The number of ether oxygens (including phenoxy) is 1. The second-order valence-electron chi connectivity index (χ2n) is 3.68. The summed E-state index contributed by atoms with van der Waals surface area (Å²) in [6.07, 6.45) is 1.02. The molecule has 4 nitrogen and oxygen atoms in total. The Labute approximate surface area is 95.3 Å². The van der Waals surface area contributed by atoms with E-state index in [4.69, 9.17) is 4.74 Å². The van der Waals surface area contributed by atoms with Gasteiger partial charge in [0.25, 0.3) is 0 Å². The minimum Gasteiger partial charge on any atom is -0.379 e. The third kappa shape index (κ3) is 1.55. The molecule has 1 saturated heterocycles. The van der Waals surface area contributed by atoms with Crippen molar-refractivity contribution in [3.8, 4) is 0 Å². The average Bonchev–Trinajstić information content (AvgIpc) is 2.82. The Hall–Kier alpha value is -0.940. The van der Waals surface area contributed by atoms with E-state index in [0.29, 0.717) is 6.04 Å². The predicted molar refractivity (Wildman–Crippen MR) is 59.7 cm³/mol.